The number of hydrogen-bond acceptors (Lipinski definition) is 5. The number of ether oxygens (including phenoxy) is 2. The summed E-state index contributed by atoms with van der Waals surface area (Å²) < 4.78 is 36.9. The SMILES string of the molecule is COc1ccc(S(=O)(=O)c2ccccc2)cc1N=Cc1ccc(OCCC(C)C)cc1. The fourth-order valence-electron chi connectivity index (χ4n) is 2.88. The summed E-state index contributed by atoms with van der Waals surface area (Å²) in [5.41, 5.74) is 1.31. The Morgan fingerprint density at radius 2 is 1.65 bits per heavy atom. The lowest BCUT2D eigenvalue weighted by atomic mass is 10.1. The molecule has 31 heavy (non-hydrogen) atoms. The maximum atomic E-state index is 12.9. The van der Waals surface area contributed by atoms with E-state index in [-0.39, 0.29) is 9.79 Å². The van der Waals surface area contributed by atoms with E-state index in [9.17, 15) is 8.42 Å². The maximum absolute atomic E-state index is 12.9. The Kier molecular flexibility index (Phi) is 7.47. The van der Waals surface area contributed by atoms with E-state index in [0.29, 0.717) is 24.0 Å². The van der Waals surface area contributed by atoms with Gasteiger partial charge in [-0.25, -0.2) is 8.42 Å². The molecule has 0 unspecified atom stereocenters. The number of nitrogens with zero attached hydrogens (tertiary/aromatic N) is 1. The third kappa shape index (κ3) is 5.95. The first-order valence-corrected chi connectivity index (χ1v) is 11.6. The highest BCUT2D eigenvalue weighted by molar-refractivity contribution is 7.91. The molecule has 0 amide bonds. The normalized spacial score (nSPS) is 11.7. The van der Waals surface area contributed by atoms with Gasteiger partial charge in [-0.3, -0.25) is 4.99 Å². The Balaban J connectivity index is 1.81. The topological polar surface area (TPSA) is 65.0 Å². The minimum absolute atomic E-state index is 0.167. The van der Waals surface area contributed by atoms with Crippen LogP contribution >= 0.6 is 0 Å². The van der Waals surface area contributed by atoms with Gasteiger partial charge in [0, 0.05) is 6.21 Å². The van der Waals surface area contributed by atoms with E-state index in [2.05, 4.69) is 18.8 Å². The highest BCUT2D eigenvalue weighted by atomic mass is 32.2. The Morgan fingerprint density at radius 1 is 0.935 bits per heavy atom. The van der Waals surface area contributed by atoms with Gasteiger partial charge in [-0.15, -0.1) is 0 Å². The van der Waals surface area contributed by atoms with Gasteiger partial charge in [-0.1, -0.05) is 32.0 Å². The van der Waals surface area contributed by atoms with Gasteiger partial charge in [0.15, 0.2) is 0 Å². The van der Waals surface area contributed by atoms with Crippen LogP contribution in [0.1, 0.15) is 25.8 Å². The zero-order valence-corrected chi connectivity index (χ0v) is 18.8. The minimum atomic E-state index is -3.64. The molecule has 0 atom stereocenters. The zero-order chi connectivity index (χ0) is 22.3. The van der Waals surface area contributed by atoms with Crippen molar-refractivity contribution in [1.29, 1.82) is 0 Å². The molecule has 3 rings (SSSR count). The molecule has 0 saturated heterocycles. The molecule has 3 aromatic carbocycles. The lowest BCUT2D eigenvalue weighted by Crippen LogP contribution is -2.02. The molecule has 0 fully saturated rings. The van der Waals surface area contributed by atoms with Crippen molar-refractivity contribution in [3.63, 3.8) is 0 Å². The summed E-state index contributed by atoms with van der Waals surface area (Å²) in [6, 6.07) is 20.6. The van der Waals surface area contributed by atoms with Crippen LogP contribution in [-0.4, -0.2) is 28.3 Å². The average Bonchev–Trinajstić information content (AvgIpc) is 2.78. The maximum Gasteiger partial charge on any atom is 0.206 e. The van der Waals surface area contributed by atoms with Crippen LogP contribution in [0.3, 0.4) is 0 Å². The first kappa shape index (κ1) is 22.6. The molecule has 0 aliphatic rings. The van der Waals surface area contributed by atoms with Gasteiger partial charge in [0.25, 0.3) is 0 Å². The molecule has 3 aromatic rings. The van der Waals surface area contributed by atoms with Crippen molar-refractivity contribution in [1.82, 2.24) is 0 Å². The molecule has 0 spiro atoms. The van der Waals surface area contributed by atoms with Gasteiger partial charge < -0.3 is 9.47 Å². The monoisotopic (exact) mass is 437 g/mol. The molecule has 0 aliphatic carbocycles. The summed E-state index contributed by atoms with van der Waals surface area (Å²) >= 11 is 0. The molecule has 0 aliphatic heterocycles. The highest BCUT2D eigenvalue weighted by Gasteiger charge is 2.19. The molecular weight excluding hydrogens is 410 g/mol. The first-order valence-electron chi connectivity index (χ1n) is 10.2. The summed E-state index contributed by atoms with van der Waals surface area (Å²) in [6.45, 7) is 5.01. The Hall–Kier alpha value is -3.12. The van der Waals surface area contributed by atoms with Crippen molar-refractivity contribution >= 4 is 21.7 Å². The summed E-state index contributed by atoms with van der Waals surface area (Å²) in [5.74, 6) is 1.91. The van der Waals surface area contributed by atoms with Gasteiger partial charge in [-0.05, 0) is 72.5 Å². The predicted molar refractivity (Wildman–Crippen MR) is 124 cm³/mol. The third-order valence-corrected chi connectivity index (χ3v) is 6.48. The lowest BCUT2D eigenvalue weighted by Gasteiger charge is -2.09. The van der Waals surface area contributed by atoms with Gasteiger partial charge >= 0.3 is 0 Å². The Morgan fingerprint density at radius 3 is 2.29 bits per heavy atom. The van der Waals surface area contributed by atoms with Crippen LogP contribution in [0.4, 0.5) is 5.69 Å². The van der Waals surface area contributed by atoms with Crippen LogP contribution in [0.25, 0.3) is 0 Å². The molecule has 162 valence electrons. The quantitative estimate of drug-likeness (QED) is 0.403. The Labute approximate surface area is 184 Å². The minimum Gasteiger partial charge on any atom is -0.494 e. The van der Waals surface area contributed by atoms with Crippen molar-refractivity contribution in [2.24, 2.45) is 10.9 Å². The second-order valence-corrected chi connectivity index (χ2v) is 9.46. The van der Waals surface area contributed by atoms with Crippen molar-refractivity contribution in [3.8, 4) is 11.5 Å². The van der Waals surface area contributed by atoms with E-state index in [4.69, 9.17) is 9.47 Å². The van der Waals surface area contributed by atoms with Gasteiger partial charge in [0.1, 0.15) is 17.2 Å². The summed E-state index contributed by atoms with van der Waals surface area (Å²) in [7, 11) is -2.11. The fourth-order valence-corrected chi connectivity index (χ4v) is 4.18. The highest BCUT2D eigenvalue weighted by Crippen LogP contribution is 2.32. The summed E-state index contributed by atoms with van der Waals surface area (Å²) in [4.78, 5) is 4.88. The van der Waals surface area contributed by atoms with E-state index in [1.165, 1.54) is 19.2 Å². The van der Waals surface area contributed by atoms with Crippen molar-refractivity contribution in [2.75, 3.05) is 13.7 Å². The van der Waals surface area contributed by atoms with Crippen molar-refractivity contribution in [3.05, 3.63) is 78.4 Å². The molecule has 0 N–H and O–H groups in total. The molecule has 0 saturated carbocycles. The Bertz CT molecular complexity index is 1120. The smallest absolute Gasteiger partial charge is 0.206 e. The molecule has 5 nitrogen and oxygen atoms in total. The second-order valence-electron chi connectivity index (χ2n) is 7.51. The van der Waals surface area contributed by atoms with Crippen LogP contribution in [0, 0.1) is 5.92 Å². The third-order valence-electron chi connectivity index (χ3n) is 4.71. The molecule has 0 aromatic heterocycles. The van der Waals surface area contributed by atoms with Crippen molar-refractivity contribution in [2.45, 2.75) is 30.1 Å². The summed E-state index contributed by atoms with van der Waals surface area (Å²) in [5, 5.41) is 0. The van der Waals surface area contributed by atoms with Crippen LogP contribution in [0.2, 0.25) is 0 Å². The predicted octanol–water partition coefficient (Wildman–Crippen LogP) is 5.70. The van der Waals surface area contributed by atoms with E-state index in [1.54, 1.807) is 42.6 Å². The number of sulfone groups is 1. The number of benzene rings is 3. The lowest BCUT2D eigenvalue weighted by molar-refractivity contribution is 0.289. The van der Waals surface area contributed by atoms with E-state index < -0.39 is 9.84 Å². The van der Waals surface area contributed by atoms with Crippen LogP contribution in [0.15, 0.2) is 87.6 Å². The van der Waals surface area contributed by atoms with Crippen LogP contribution < -0.4 is 9.47 Å². The molecule has 0 heterocycles. The average molecular weight is 438 g/mol. The van der Waals surface area contributed by atoms with E-state index in [1.807, 2.05) is 24.3 Å². The zero-order valence-electron chi connectivity index (χ0n) is 18.0. The van der Waals surface area contributed by atoms with E-state index >= 15 is 0 Å². The molecule has 6 heteroatoms. The number of hydrogen-bond donors (Lipinski definition) is 0. The number of rotatable bonds is 9. The van der Waals surface area contributed by atoms with Crippen LogP contribution in [-0.2, 0) is 9.84 Å². The van der Waals surface area contributed by atoms with Gasteiger partial charge in [-0.2, -0.15) is 0 Å². The largest absolute Gasteiger partial charge is 0.494 e. The van der Waals surface area contributed by atoms with E-state index in [0.717, 1.165) is 17.7 Å². The number of methoxy groups -OCH3 is 1. The van der Waals surface area contributed by atoms with Crippen LogP contribution in [0.5, 0.6) is 11.5 Å². The summed E-state index contributed by atoms with van der Waals surface area (Å²) in [6.07, 6.45) is 2.68. The van der Waals surface area contributed by atoms with Gasteiger partial charge in [0.2, 0.25) is 9.84 Å². The molecular formula is C25H27NO4S. The first-order chi connectivity index (χ1) is 14.9. The second kappa shape index (κ2) is 10.3. The standard InChI is InChI=1S/C25H27NO4S/c1-19(2)15-16-30-21-11-9-20(10-12-21)18-26-24-17-23(13-14-25(24)29-3)31(27,28)22-7-5-4-6-8-22/h4-14,17-19H,15-16H2,1-3H3. The van der Waals surface area contributed by atoms with Gasteiger partial charge in [0.05, 0.1) is 23.5 Å². The van der Waals surface area contributed by atoms with Crippen molar-refractivity contribution < 1.29 is 17.9 Å². The molecule has 0 radical (unpaired) electrons. The number of aliphatic imine (C=N–C) groups is 1. The fraction of sp³-hybridized carbons (Fsp3) is 0.240. The molecule has 0 bridgehead atoms.